The fourth-order valence-corrected chi connectivity index (χ4v) is 4.58. The number of ether oxygens (including phenoxy) is 2. The summed E-state index contributed by atoms with van der Waals surface area (Å²) in [7, 11) is 1.63. The van der Waals surface area contributed by atoms with Crippen LogP contribution in [-0.4, -0.2) is 54.3 Å². The zero-order valence-electron chi connectivity index (χ0n) is 18.5. The van der Waals surface area contributed by atoms with Crippen LogP contribution in [0.5, 0.6) is 17.2 Å². The van der Waals surface area contributed by atoms with Crippen LogP contribution in [0, 0.1) is 0 Å². The van der Waals surface area contributed by atoms with Gasteiger partial charge in [-0.3, -0.25) is 4.79 Å². The van der Waals surface area contributed by atoms with E-state index in [-0.39, 0.29) is 11.9 Å². The second-order valence-corrected chi connectivity index (χ2v) is 8.52. The molecule has 3 aromatic rings. The first-order chi connectivity index (χ1) is 16.1. The van der Waals surface area contributed by atoms with Crippen molar-refractivity contribution in [2.75, 3.05) is 26.7 Å². The topological polar surface area (TPSA) is 54.4 Å². The van der Waals surface area contributed by atoms with Gasteiger partial charge < -0.3 is 19.3 Å². The lowest BCUT2D eigenvalue weighted by atomic mass is 10.1. The molecule has 1 saturated heterocycles. The number of piperazine rings is 1. The van der Waals surface area contributed by atoms with Crippen molar-refractivity contribution in [1.29, 1.82) is 0 Å². The zero-order valence-corrected chi connectivity index (χ0v) is 19.2. The molecule has 33 heavy (non-hydrogen) atoms. The molecule has 1 unspecified atom stereocenters. The quantitative estimate of drug-likeness (QED) is 0.514. The Kier molecular flexibility index (Phi) is 5.68. The average molecular weight is 462 g/mol. The standard InChI is InChI=1S/C26H24ClN3O3/c1-17-16-29(14-15-30(17)26(31)18-8-3-4-10-20(18)27)25-19-9-7-13-23(32-2)24(19)33-22-12-6-5-11-21(22)28-25/h3-13,17H,14-16H2,1-2H3. The molecule has 0 N–H and O–H groups in total. The normalized spacial score (nSPS) is 17.3. The number of carbonyl (C=O) groups excluding carboxylic acids is 1. The summed E-state index contributed by atoms with van der Waals surface area (Å²) in [5.41, 5.74) is 2.15. The summed E-state index contributed by atoms with van der Waals surface area (Å²) in [5.74, 6) is 2.74. The molecule has 7 heteroatoms. The molecule has 3 aromatic carbocycles. The maximum absolute atomic E-state index is 13.2. The fourth-order valence-electron chi connectivity index (χ4n) is 4.36. The van der Waals surface area contributed by atoms with Gasteiger partial charge in [-0.05, 0) is 43.3 Å². The first-order valence-corrected chi connectivity index (χ1v) is 11.3. The summed E-state index contributed by atoms with van der Waals surface area (Å²) in [4.78, 5) is 22.3. The number of hydrogen-bond donors (Lipinski definition) is 0. The molecule has 0 bridgehead atoms. The van der Waals surface area contributed by atoms with Gasteiger partial charge in [0.25, 0.3) is 5.91 Å². The largest absolute Gasteiger partial charge is 0.493 e. The highest BCUT2D eigenvalue weighted by molar-refractivity contribution is 6.33. The van der Waals surface area contributed by atoms with Gasteiger partial charge in [-0.15, -0.1) is 0 Å². The van der Waals surface area contributed by atoms with E-state index in [1.165, 1.54) is 0 Å². The number of carbonyl (C=O) groups is 1. The Morgan fingerprint density at radius 2 is 1.85 bits per heavy atom. The Bertz CT molecular complexity index is 1240. The lowest BCUT2D eigenvalue weighted by molar-refractivity contribution is 0.0581. The van der Waals surface area contributed by atoms with Crippen molar-refractivity contribution in [2.24, 2.45) is 4.99 Å². The van der Waals surface area contributed by atoms with Crippen LogP contribution in [0.15, 0.2) is 71.7 Å². The average Bonchev–Trinajstić information content (AvgIpc) is 3.00. The van der Waals surface area contributed by atoms with Crippen molar-refractivity contribution in [1.82, 2.24) is 9.80 Å². The van der Waals surface area contributed by atoms with Gasteiger partial charge in [0, 0.05) is 25.7 Å². The third-order valence-corrected chi connectivity index (χ3v) is 6.37. The molecule has 0 saturated carbocycles. The van der Waals surface area contributed by atoms with Crippen molar-refractivity contribution >= 4 is 29.0 Å². The van der Waals surface area contributed by atoms with Gasteiger partial charge in [0.15, 0.2) is 17.2 Å². The third-order valence-electron chi connectivity index (χ3n) is 6.04. The van der Waals surface area contributed by atoms with Gasteiger partial charge in [-0.1, -0.05) is 41.9 Å². The Labute approximate surface area is 198 Å². The van der Waals surface area contributed by atoms with Crippen molar-refractivity contribution in [3.05, 3.63) is 82.9 Å². The molecule has 168 valence electrons. The summed E-state index contributed by atoms with van der Waals surface area (Å²) in [6, 6.07) is 20.7. The van der Waals surface area contributed by atoms with Gasteiger partial charge in [0.2, 0.25) is 0 Å². The second kappa shape index (κ2) is 8.79. The van der Waals surface area contributed by atoms with E-state index >= 15 is 0 Å². The Morgan fingerprint density at radius 1 is 1.06 bits per heavy atom. The molecule has 0 aliphatic carbocycles. The number of halogens is 1. The number of para-hydroxylation sites is 3. The van der Waals surface area contributed by atoms with Crippen molar-refractivity contribution in [3.8, 4) is 17.2 Å². The lowest BCUT2D eigenvalue weighted by Gasteiger charge is -2.41. The number of hydrogen-bond acceptors (Lipinski definition) is 5. The minimum atomic E-state index is -0.0497. The Hall–Kier alpha value is -3.51. The van der Waals surface area contributed by atoms with Crippen LogP contribution < -0.4 is 9.47 Å². The molecule has 1 amide bonds. The molecule has 1 fully saturated rings. The maximum Gasteiger partial charge on any atom is 0.255 e. The molecule has 2 aliphatic heterocycles. The van der Waals surface area contributed by atoms with E-state index in [0.29, 0.717) is 47.5 Å². The molecule has 0 aromatic heterocycles. The first kappa shape index (κ1) is 21.3. The Balaban J connectivity index is 1.48. The molecular formula is C26H24ClN3O3. The van der Waals surface area contributed by atoms with Gasteiger partial charge in [0.05, 0.1) is 23.3 Å². The molecule has 2 heterocycles. The minimum absolute atomic E-state index is 0.0290. The Morgan fingerprint density at radius 3 is 2.64 bits per heavy atom. The highest BCUT2D eigenvalue weighted by atomic mass is 35.5. The molecule has 5 rings (SSSR count). The number of benzene rings is 3. The number of rotatable bonds is 2. The molecule has 2 aliphatic rings. The van der Waals surface area contributed by atoms with E-state index in [0.717, 1.165) is 17.1 Å². The van der Waals surface area contributed by atoms with Crippen LogP contribution in [0.3, 0.4) is 0 Å². The minimum Gasteiger partial charge on any atom is -0.493 e. The smallest absolute Gasteiger partial charge is 0.255 e. The monoisotopic (exact) mass is 461 g/mol. The van der Waals surface area contributed by atoms with Gasteiger partial charge in [0.1, 0.15) is 11.5 Å². The molecule has 0 spiro atoms. The maximum atomic E-state index is 13.2. The highest BCUT2D eigenvalue weighted by Gasteiger charge is 2.33. The predicted molar refractivity (Wildman–Crippen MR) is 129 cm³/mol. The zero-order chi connectivity index (χ0) is 22.9. The fraction of sp³-hybridized carbons (Fsp3) is 0.231. The first-order valence-electron chi connectivity index (χ1n) is 10.9. The number of aliphatic imine (C=N–C) groups is 1. The number of nitrogens with zero attached hydrogens (tertiary/aromatic N) is 3. The predicted octanol–water partition coefficient (Wildman–Crippen LogP) is 5.38. The van der Waals surface area contributed by atoms with E-state index in [2.05, 4.69) is 11.8 Å². The van der Waals surface area contributed by atoms with E-state index in [9.17, 15) is 4.79 Å². The second-order valence-electron chi connectivity index (χ2n) is 8.12. The van der Waals surface area contributed by atoms with Crippen LogP contribution in [0.2, 0.25) is 5.02 Å². The van der Waals surface area contributed by atoms with E-state index < -0.39 is 0 Å². The van der Waals surface area contributed by atoms with E-state index in [1.807, 2.05) is 59.5 Å². The van der Waals surface area contributed by atoms with Gasteiger partial charge in [-0.2, -0.15) is 0 Å². The van der Waals surface area contributed by atoms with Gasteiger partial charge in [-0.25, -0.2) is 4.99 Å². The molecular weight excluding hydrogens is 438 g/mol. The van der Waals surface area contributed by atoms with Crippen LogP contribution >= 0.6 is 11.6 Å². The van der Waals surface area contributed by atoms with E-state index in [1.54, 1.807) is 19.2 Å². The number of amidine groups is 1. The summed E-state index contributed by atoms with van der Waals surface area (Å²) < 4.78 is 11.8. The summed E-state index contributed by atoms with van der Waals surface area (Å²) in [6.45, 7) is 3.88. The molecule has 6 nitrogen and oxygen atoms in total. The summed E-state index contributed by atoms with van der Waals surface area (Å²) in [6.07, 6.45) is 0. The van der Waals surface area contributed by atoms with Crippen LogP contribution in [0.4, 0.5) is 5.69 Å². The van der Waals surface area contributed by atoms with E-state index in [4.69, 9.17) is 26.1 Å². The number of amides is 1. The summed E-state index contributed by atoms with van der Waals surface area (Å²) >= 11 is 6.28. The van der Waals surface area contributed by atoms with Crippen molar-refractivity contribution in [2.45, 2.75) is 13.0 Å². The molecule has 1 atom stereocenters. The number of fused-ring (bicyclic) bond motifs is 2. The van der Waals surface area contributed by atoms with Crippen LogP contribution in [-0.2, 0) is 0 Å². The van der Waals surface area contributed by atoms with Crippen molar-refractivity contribution in [3.63, 3.8) is 0 Å². The third kappa shape index (κ3) is 3.91. The molecule has 0 radical (unpaired) electrons. The number of methoxy groups -OCH3 is 1. The van der Waals surface area contributed by atoms with Crippen LogP contribution in [0.1, 0.15) is 22.8 Å². The van der Waals surface area contributed by atoms with Gasteiger partial charge >= 0.3 is 0 Å². The highest BCUT2D eigenvalue weighted by Crippen LogP contribution is 2.42. The SMILES string of the molecule is COc1cccc2c1Oc1ccccc1N=C2N1CCN(C(=O)c2ccccc2Cl)C(C)C1. The van der Waals surface area contributed by atoms with Crippen LogP contribution in [0.25, 0.3) is 0 Å². The lowest BCUT2D eigenvalue weighted by Crippen LogP contribution is -2.55. The summed E-state index contributed by atoms with van der Waals surface area (Å²) in [5, 5.41) is 0.472. The van der Waals surface area contributed by atoms with Crippen molar-refractivity contribution < 1.29 is 14.3 Å².